The van der Waals surface area contributed by atoms with Crippen molar-refractivity contribution < 1.29 is 13.2 Å². The molecule has 2 unspecified atom stereocenters. The second kappa shape index (κ2) is 7.18. The fourth-order valence-corrected chi connectivity index (χ4v) is 3.40. The molecule has 1 aliphatic carbocycles. The van der Waals surface area contributed by atoms with Gasteiger partial charge < -0.3 is 10.2 Å². The third kappa shape index (κ3) is 5.92. The molecular weight excluding hydrogens is 273 g/mol. The quantitative estimate of drug-likeness (QED) is 0.757. The smallest absolute Gasteiger partial charge is 0.314 e. The molecule has 6 heteroatoms. The van der Waals surface area contributed by atoms with Crippen molar-refractivity contribution in [2.45, 2.75) is 43.7 Å². The molecule has 0 amide bonds. The zero-order chi connectivity index (χ0) is 14.5. The van der Waals surface area contributed by atoms with E-state index in [9.17, 15) is 13.2 Å². The lowest BCUT2D eigenvalue weighted by Gasteiger charge is -2.45. The molecule has 1 rings (SSSR count). The highest BCUT2D eigenvalue weighted by Crippen LogP contribution is 2.35. The van der Waals surface area contributed by atoms with Crippen LogP contribution in [-0.4, -0.2) is 48.9 Å². The molecule has 1 N–H and O–H groups in total. The highest BCUT2D eigenvalue weighted by Gasteiger charge is 2.36. The Labute approximate surface area is 118 Å². The largest absolute Gasteiger partial charge is 0.441 e. The van der Waals surface area contributed by atoms with E-state index in [1.807, 2.05) is 0 Å². The second-order valence-electron chi connectivity index (χ2n) is 5.79. The summed E-state index contributed by atoms with van der Waals surface area (Å²) in [4.78, 5) is 2.24. The minimum Gasteiger partial charge on any atom is -0.314 e. The number of nitrogens with one attached hydrogen (secondary N) is 1. The number of alkyl halides is 3. The van der Waals surface area contributed by atoms with E-state index >= 15 is 0 Å². The number of likely N-dealkylation sites (N-methyl/N-ethyl adjacent to an activating group) is 1. The molecule has 0 spiro atoms. The monoisotopic (exact) mass is 298 g/mol. The van der Waals surface area contributed by atoms with Gasteiger partial charge in [0.15, 0.2) is 0 Å². The molecule has 2 nitrogen and oxygen atoms in total. The van der Waals surface area contributed by atoms with Crippen LogP contribution in [0.3, 0.4) is 0 Å². The summed E-state index contributed by atoms with van der Waals surface area (Å²) in [6.07, 6.45) is 4.72. The lowest BCUT2D eigenvalue weighted by molar-refractivity contribution is -0.0327. The van der Waals surface area contributed by atoms with E-state index in [1.54, 1.807) is 0 Å². The van der Waals surface area contributed by atoms with Crippen LogP contribution in [0.5, 0.6) is 0 Å². The molecule has 1 aliphatic rings. The number of thioether (sulfide) groups is 1. The summed E-state index contributed by atoms with van der Waals surface area (Å²) in [5, 5.41) is 3.21. The maximum atomic E-state index is 12.0. The first kappa shape index (κ1) is 17.1. The molecule has 0 aromatic carbocycles. The average molecular weight is 298 g/mol. The standard InChI is InChI=1S/C13H25F3N2S/c1-11-5-4-6-12(9-11,18(2)3)10-17-7-8-19-13(14,15)16/h11,17H,4-10H2,1-3H3. The van der Waals surface area contributed by atoms with Crippen molar-refractivity contribution in [2.24, 2.45) is 5.92 Å². The summed E-state index contributed by atoms with van der Waals surface area (Å²) in [6.45, 7) is 3.45. The lowest BCUT2D eigenvalue weighted by Crippen LogP contribution is -2.54. The molecule has 2 atom stereocenters. The average Bonchev–Trinajstić information content (AvgIpc) is 2.26. The maximum Gasteiger partial charge on any atom is 0.441 e. The third-order valence-electron chi connectivity index (χ3n) is 4.01. The molecular formula is C13H25F3N2S. The van der Waals surface area contributed by atoms with Gasteiger partial charge in [-0.15, -0.1) is 0 Å². The molecule has 0 aliphatic heterocycles. The van der Waals surface area contributed by atoms with Crippen LogP contribution in [-0.2, 0) is 0 Å². The first-order valence-electron chi connectivity index (χ1n) is 6.84. The van der Waals surface area contributed by atoms with Crippen LogP contribution < -0.4 is 5.32 Å². The van der Waals surface area contributed by atoms with Gasteiger partial charge in [0.1, 0.15) is 0 Å². The summed E-state index contributed by atoms with van der Waals surface area (Å²) >= 11 is 0.0519. The maximum absolute atomic E-state index is 12.0. The molecule has 0 aromatic heterocycles. The van der Waals surface area contributed by atoms with E-state index in [4.69, 9.17) is 0 Å². The molecule has 0 bridgehead atoms. The van der Waals surface area contributed by atoms with E-state index < -0.39 is 5.51 Å². The van der Waals surface area contributed by atoms with Gasteiger partial charge in [-0.2, -0.15) is 13.2 Å². The van der Waals surface area contributed by atoms with E-state index in [2.05, 4.69) is 31.2 Å². The highest BCUT2D eigenvalue weighted by molar-refractivity contribution is 8.00. The Balaban J connectivity index is 2.34. The van der Waals surface area contributed by atoms with Crippen LogP contribution in [0.25, 0.3) is 0 Å². The fraction of sp³-hybridized carbons (Fsp3) is 1.00. The number of hydrogen-bond acceptors (Lipinski definition) is 3. The lowest BCUT2D eigenvalue weighted by atomic mass is 9.75. The summed E-state index contributed by atoms with van der Waals surface area (Å²) in [5.41, 5.74) is -4.00. The Morgan fingerprint density at radius 1 is 1.37 bits per heavy atom. The summed E-state index contributed by atoms with van der Waals surface area (Å²) in [5.74, 6) is 0.783. The van der Waals surface area contributed by atoms with Gasteiger partial charge in [0.05, 0.1) is 0 Å². The highest BCUT2D eigenvalue weighted by atomic mass is 32.2. The molecule has 0 heterocycles. The Morgan fingerprint density at radius 3 is 2.58 bits per heavy atom. The molecule has 114 valence electrons. The van der Waals surface area contributed by atoms with Crippen molar-refractivity contribution in [3.8, 4) is 0 Å². The summed E-state index contributed by atoms with van der Waals surface area (Å²) < 4.78 is 36.1. The van der Waals surface area contributed by atoms with Gasteiger partial charge >= 0.3 is 5.51 Å². The van der Waals surface area contributed by atoms with Crippen molar-refractivity contribution in [3.05, 3.63) is 0 Å². The predicted molar refractivity (Wildman–Crippen MR) is 75.4 cm³/mol. The first-order chi connectivity index (χ1) is 8.75. The first-order valence-corrected chi connectivity index (χ1v) is 7.82. The number of halogens is 3. The van der Waals surface area contributed by atoms with Gasteiger partial charge in [0.2, 0.25) is 0 Å². The third-order valence-corrected chi connectivity index (χ3v) is 4.75. The topological polar surface area (TPSA) is 15.3 Å². The molecule has 1 fully saturated rings. The Bertz CT molecular complexity index is 271. The van der Waals surface area contributed by atoms with Crippen LogP contribution in [0.15, 0.2) is 0 Å². The zero-order valence-electron chi connectivity index (χ0n) is 12.0. The molecule has 0 aromatic rings. The van der Waals surface area contributed by atoms with E-state index in [1.165, 1.54) is 12.8 Å². The van der Waals surface area contributed by atoms with E-state index in [-0.39, 0.29) is 23.1 Å². The Morgan fingerprint density at radius 2 is 2.05 bits per heavy atom. The van der Waals surface area contributed by atoms with Crippen LogP contribution in [0.2, 0.25) is 0 Å². The van der Waals surface area contributed by atoms with Crippen LogP contribution in [0.4, 0.5) is 13.2 Å². The second-order valence-corrected chi connectivity index (χ2v) is 6.95. The molecule has 0 radical (unpaired) electrons. The van der Waals surface area contributed by atoms with Crippen molar-refractivity contribution in [3.63, 3.8) is 0 Å². The molecule has 1 saturated carbocycles. The summed E-state index contributed by atoms with van der Waals surface area (Å²) in [6, 6.07) is 0. The fourth-order valence-electron chi connectivity index (χ4n) is 2.92. The van der Waals surface area contributed by atoms with Crippen molar-refractivity contribution in [1.29, 1.82) is 0 Å². The van der Waals surface area contributed by atoms with Gasteiger partial charge in [-0.25, -0.2) is 0 Å². The summed E-state index contributed by atoms with van der Waals surface area (Å²) in [7, 11) is 4.15. The number of rotatable bonds is 6. The molecule has 19 heavy (non-hydrogen) atoms. The minimum atomic E-state index is -4.11. The predicted octanol–water partition coefficient (Wildman–Crippen LogP) is 3.34. The minimum absolute atomic E-state index is 0.0519. The number of nitrogens with zero attached hydrogens (tertiary/aromatic N) is 1. The van der Waals surface area contributed by atoms with Crippen molar-refractivity contribution >= 4 is 11.8 Å². The van der Waals surface area contributed by atoms with E-state index in [0.29, 0.717) is 12.5 Å². The van der Waals surface area contributed by atoms with Crippen LogP contribution >= 0.6 is 11.8 Å². The van der Waals surface area contributed by atoms with Crippen molar-refractivity contribution in [1.82, 2.24) is 10.2 Å². The molecule has 0 saturated heterocycles. The van der Waals surface area contributed by atoms with Gasteiger partial charge in [0.25, 0.3) is 0 Å². The number of hydrogen-bond donors (Lipinski definition) is 1. The zero-order valence-corrected chi connectivity index (χ0v) is 12.8. The van der Waals surface area contributed by atoms with Gasteiger partial charge in [-0.3, -0.25) is 0 Å². The van der Waals surface area contributed by atoms with Gasteiger partial charge in [-0.1, -0.05) is 19.8 Å². The van der Waals surface area contributed by atoms with E-state index in [0.717, 1.165) is 19.4 Å². The van der Waals surface area contributed by atoms with Gasteiger partial charge in [-0.05, 0) is 44.6 Å². The van der Waals surface area contributed by atoms with Crippen LogP contribution in [0.1, 0.15) is 32.6 Å². The van der Waals surface area contributed by atoms with Crippen LogP contribution in [0, 0.1) is 5.92 Å². The Hall–Kier alpha value is 0.0600. The van der Waals surface area contributed by atoms with Crippen molar-refractivity contribution in [2.75, 3.05) is 32.9 Å². The van der Waals surface area contributed by atoms with Gasteiger partial charge in [0, 0.05) is 24.4 Å². The Kier molecular flexibility index (Phi) is 6.47. The normalized spacial score (nSPS) is 28.9. The SMILES string of the molecule is CC1CCCC(CNCCSC(F)(F)F)(N(C)C)C1.